The summed E-state index contributed by atoms with van der Waals surface area (Å²) in [4.78, 5) is 0. The molecule has 0 unspecified atom stereocenters. The average molecular weight is 546 g/mol. The highest BCUT2D eigenvalue weighted by atomic mass is 35.5. The molecule has 3 aromatic rings. The van der Waals surface area contributed by atoms with Crippen molar-refractivity contribution >= 4 is 36.5 Å². The molecule has 0 heterocycles. The van der Waals surface area contributed by atoms with Gasteiger partial charge in [0, 0.05) is 41.4 Å². The number of hydrogen-bond acceptors (Lipinski definition) is 4. The molecule has 37 heavy (non-hydrogen) atoms. The molecule has 0 saturated heterocycles. The number of aryl methyl sites for hydroxylation is 1. The van der Waals surface area contributed by atoms with Crippen LogP contribution in [0.5, 0.6) is 11.5 Å². The summed E-state index contributed by atoms with van der Waals surface area (Å²) in [5, 5.41) is 23.0. The normalized spacial score (nSPS) is 9.92. The molecule has 8 heteroatoms. The summed E-state index contributed by atoms with van der Waals surface area (Å²) in [6.07, 6.45) is 1.93. The van der Waals surface area contributed by atoms with Gasteiger partial charge in [-0.3, -0.25) is 10.8 Å². The van der Waals surface area contributed by atoms with E-state index in [0.717, 1.165) is 53.7 Å². The summed E-state index contributed by atoms with van der Waals surface area (Å²) < 4.78 is 12.2. The van der Waals surface area contributed by atoms with Crippen LogP contribution in [0.4, 0.5) is 0 Å². The zero-order valence-electron chi connectivity index (χ0n) is 21.7. The molecule has 0 radical (unpaired) electrons. The molecular formula is C29H38Cl2N4O2. The highest BCUT2D eigenvalue weighted by molar-refractivity contribution is 5.98. The molecule has 200 valence electrons. The molecular weight excluding hydrogens is 507 g/mol. The van der Waals surface area contributed by atoms with Crippen molar-refractivity contribution in [2.45, 2.75) is 46.8 Å². The predicted molar refractivity (Wildman–Crippen MR) is 157 cm³/mol. The van der Waals surface area contributed by atoms with Gasteiger partial charge in [0.1, 0.15) is 36.4 Å². The number of rotatable bonds is 12. The van der Waals surface area contributed by atoms with Crippen LogP contribution >= 0.6 is 24.8 Å². The number of halogens is 2. The maximum atomic E-state index is 8.34. The highest BCUT2D eigenvalue weighted by Gasteiger charge is 2.10. The maximum absolute atomic E-state index is 8.34. The minimum atomic E-state index is 0. The van der Waals surface area contributed by atoms with Crippen molar-refractivity contribution in [3.05, 3.63) is 94.5 Å². The third-order valence-electron chi connectivity index (χ3n) is 5.49. The SMILES string of the molecule is CCCNC(=N)c1ccccc1COc1cc(C)cc(OCc2ccccc2C(=N)NCCC)c1.Cl.Cl. The van der Waals surface area contributed by atoms with E-state index < -0.39 is 0 Å². The molecule has 3 aromatic carbocycles. The Bertz CT molecular complexity index is 1070. The Morgan fingerprint density at radius 1 is 0.676 bits per heavy atom. The molecule has 0 aliphatic heterocycles. The van der Waals surface area contributed by atoms with Gasteiger partial charge in [0.25, 0.3) is 0 Å². The fourth-order valence-electron chi connectivity index (χ4n) is 3.67. The molecule has 0 amide bonds. The van der Waals surface area contributed by atoms with Crippen molar-refractivity contribution in [1.29, 1.82) is 10.8 Å². The van der Waals surface area contributed by atoms with E-state index in [-0.39, 0.29) is 24.8 Å². The molecule has 0 saturated carbocycles. The molecule has 0 aliphatic carbocycles. The van der Waals surface area contributed by atoms with Gasteiger partial charge in [-0.1, -0.05) is 62.4 Å². The highest BCUT2D eigenvalue weighted by Crippen LogP contribution is 2.25. The van der Waals surface area contributed by atoms with Gasteiger partial charge < -0.3 is 20.1 Å². The quantitative estimate of drug-likeness (QED) is 0.152. The molecule has 0 spiro atoms. The van der Waals surface area contributed by atoms with Gasteiger partial charge in [0.2, 0.25) is 0 Å². The lowest BCUT2D eigenvalue weighted by Gasteiger charge is -2.15. The minimum Gasteiger partial charge on any atom is -0.489 e. The smallest absolute Gasteiger partial charge is 0.125 e. The standard InChI is InChI=1S/C29H36N4O2.2ClH/c1-4-14-32-28(30)26-12-8-6-10-22(26)19-34-24-16-21(3)17-25(18-24)35-20-23-11-7-9-13-27(23)29(31)33-15-5-2;;/h6-13,16-18H,4-5,14-15,19-20H2,1-3H3,(H2,30,32)(H2,31,33);2*1H. The second kappa shape index (κ2) is 16.5. The Morgan fingerprint density at radius 2 is 1.08 bits per heavy atom. The summed E-state index contributed by atoms with van der Waals surface area (Å²) in [5.41, 5.74) is 4.64. The van der Waals surface area contributed by atoms with Crippen molar-refractivity contribution in [2.24, 2.45) is 0 Å². The summed E-state index contributed by atoms with van der Waals surface area (Å²) in [6, 6.07) is 21.5. The van der Waals surface area contributed by atoms with Crippen molar-refractivity contribution in [1.82, 2.24) is 10.6 Å². The summed E-state index contributed by atoms with van der Waals surface area (Å²) in [7, 11) is 0. The molecule has 4 N–H and O–H groups in total. The van der Waals surface area contributed by atoms with Crippen LogP contribution in [-0.2, 0) is 13.2 Å². The first-order chi connectivity index (χ1) is 17.0. The molecule has 0 aromatic heterocycles. The Kier molecular flexibility index (Phi) is 14.2. The van der Waals surface area contributed by atoms with Crippen molar-refractivity contribution in [3.8, 4) is 11.5 Å². The Hall–Kier alpha value is -3.22. The topological polar surface area (TPSA) is 90.2 Å². The Morgan fingerprint density at radius 3 is 1.49 bits per heavy atom. The molecule has 0 atom stereocenters. The van der Waals surface area contributed by atoms with Gasteiger partial charge in [0.15, 0.2) is 0 Å². The van der Waals surface area contributed by atoms with Gasteiger partial charge in [-0.15, -0.1) is 24.8 Å². The zero-order chi connectivity index (χ0) is 25.0. The number of nitrogens with one attached hydrogen (secondary N) is 4. The van der Waals surface area contributed by atoms with E-state index >= 15 is 0 Å². The maximum Gasteiger partial charge on any atom is 0.125 e. The average Bonchev–Trinajstić information content (AvgIpc) is 2.88. The first kappa shape index (κ1) is 31.8. The van der Waals surface area contributed by atoms with Crippen LogP contribution in [0.3, 0.4) is 0 Å². The lowest BCUT2D eigenvalue weighted by Crippen LogP contribution is -2.25. The van der Waals surface area contributed by atoms with Crippen LogP contribution in [0.15, 0.2) is 66.7 Å². The van der Waals surface area contributed by atoms with Crippen LogP contribution < -0.4 is 20.1 Å². The monoisotopic (exact) mass is 544 g/mol. The summed E-state index contributed by atoms with van der Waals surface area (Å²) in [6.45, 7) is 8.43. The predicted octanol–water partition coefficient (Wildman–Crippen LogP) is 6.65. The van der Waals surface area contributed by atoms with Gasteiger partial charge in [-0.2, -0.15) is 0 Å². The van der Waals surface area contributed by atoms with Gasteiger partial charge in [0.05, 0.1) is 0 Å². The second-order valence-corrected chi connectivity index (χ2v) is 8.48. The summed E-state index contributed by atoms with van der Waals surface area (Å²) in [5.74, 6) is 2.26. The fourth-order valence-corrected chi connectivity index (χ4v) is 3.67. The third kappa shape index (κ3) is 9.63. The number of hydrogen-bond donors (Lipinski definition) is 4. The minimum absolute atomic E-state index is 0. The van der Waals surface area contributed by atoms with E-state index in [1.807, 2.05) is 73.7 Å². The van der Waals surface area contributed by atoms with Gasteiger partial charge in [-0.25, -0.2) is 0 Å². The third-order valence-corrected chi connectivity index (χ3v) is 5.49. The molecule has 3 rings (SSSR count). The van der Waals surface area contributed by atoms with E-state index in [1.165, 1.54) is 0 Å². The Balaban J connectivity index is 0.00000342. The van der Waals surface area contributed by atoms with Gasteiger partial charge in [-0.05, 0) is 37.5 Å². The summed E-state index contributed by atoms with van der Waals surface area (Å²) >= 11 is 0. The van der Waals surface area contributed by atoms with Crippen LogP contribution in [0, 0.1) is 17.7 Å². The fraction of sp³-hybridized carbons (Fsp3) is 0.310. The molecule has 0 fully saturated rings. The first-order valence-electron chi connectivity index (χ1n) is 12.2. The number of ether oxygens (including phenoxy) is 2. The molecule has 0 aliphatic rings. The van der Waals surface area contributed by atoms with E-state index in [4.69, 9.17) is 20.3 Å². The number of benzene rings is 3. The second-order valence-electron chi connectivity index (χ2n) is 8.48. The molecule has 6 nitrogen and oxygen atoms in total. The van der Waals surface area contributed by atoms with E-state index in [9.17, 15) is 0 Å². The van der Waals surface area contributed by atoms with Crippen molar-refractivity contribution in [3.63, 3.8) is 0 Å². The van der Waals surface area contributed by atoms with Crippen LogP contribution in [0.2, 0.25) is 0 Å². The first-order valence-corrected chi connectivity index (χ1v) is 12.2. The largest absolute Gasteiger partial charge is 0.489 e. The number of amidine groups is 2. The van der Waals surface area contributed by atoms with E-state index in [2.05, 4.69) is 24.5 Å². The van der Waals surface area contributed by atoms with Crippen LogP contribution in [-0.4, -0.2) is 24.8 Å². The van der Waals surface area contributed by atoms with Crippen LogP contribution in [0.25, 0.3) is 0 Å². The van der Waals surface area contributed by atoms with Crippen molar-refractivity contribution in [2.75, 3.05) is 13.1 Å². The Labute approximate surface area is 233 Å². The van der Waals surface area contributed by atoms with E-state index in [1.54, 1.807) is 0 Å². The lowest BCUT2D eigenvalue weighted by atomic mass is 10.1. The van der Waals surface area contributed by atoms with Gasteiger partial charge >= 0.3 is 0 Å². The van der Waals surface area contributed by atoms with E-state index in [0.29, 0.717) is 36.4 Å². The van der Waals surface area contributed by atoms with Crippen molar-refractivity contribution < 1.29 is 9.47 Å². The zero-order valence-corrected chi connectivity index (χ0v) is 23.4. The lowest BCUT2D eigenvalue weighted by molar-refractivity contribution is 0.289. The molecule has 0 bridgehead atoms. The van der Waals surface area contributed by atoms with Crippen LogP contribution in [0.1, 0.15) is 54.5 Å².